The predicted octanol–water partition coefficient (Wildman–Crippen LogP) is 5.97. The van der Waals surface area contributed by atoms with Gasteiger partial charge in [0.1, 0.15) is 6.04 Å². The Bertz CT molecular complexity index is 1050. The first-order valence-corrected chi connectivity index (χ1v) is 12.9. The summed E-state index contributed by atoms with van der Waals surface area (Å²) in [7, 11) is 0. The second-order valence-corrected chi connectivity index (χ2v) is 9.89. The summed E-state index contributed by atoms with van der Waals surface area (Å²) < 4.78 is 0.965. The van der Waals surface area contributed by atoms with Crippen LogP contribution >= 0.6 is 39.3 Å². The van der Waals surface area contributed by atoms with E-state index in [1.807, 2.05) is 73.7 Å². The van der Waals surface area contributed by atoms with Gasteiger partial charge in [0.25, 0.3) is 0 Å². The zero-order valence-electron chi connectivity index (χ0n) is 18.3. The maximum absolute atomic E-state index is 13.5. The van der Waals surface area contributed by atoms with Crippen molar-refractivity contribution in [2.45, 2.75) is 30.8 Å². The molecule has 0 heterocycles. The van der Waals surface area contributed by atoms with Gasteiger partial charge in [-0.05, 0) is 54.4 Å². The Kier molecular flexibility index (Phi) is 9.85. The Morgan fingerprint density at radius 2 is 1.64 bits per heavy atom. The molecule has 33 heavy (non-hydrogen) atoms. The number of carbonyl (C=O) groups is 2. The van der Waals surface area contributed by atoms with Crippen LogP contribution < -0.4 is 5.32 Å². The number of carbonyl (C=O) groups excluding carboxylic acids is 2. The molecule has 0 saturated heterocycles. The number of benzene rings is 3. The summed E-state index contributed by atoms with van der Waals surface area (Å²) in [6.07, 6.45) is 0.445. The minimum atomic E-state index is -0.616. The molecule has 172 valence electrons. The maximum Gasteiger partial charge on any atom is 0.243 e. The van der Waals surface area contributed by atoms with Crippen molar-refractivity contribution in [2.24, 2.45) is 0 Å². The maximum atomic E-state index is 13.5. The van der Waals surface area contributed by atoms with Crippen LogP contribution in [-0.2, 0) is 22.6 Å². The lowest BCUT2D eigenvalue weighted by Gasteiger charge is -2.31. The standard InChI is InChI=1S/C26H26BrClN2O2S/c1-2-29-26(32)24(16-19-6-4-3-5-7-19)30(17-20-8-10-21(27)11-9-20)25(31)18-33-23-14-12-22(28)13-15-23/h3-15,24H,2,16-18H2,1H3,(H,29,32). The van der Waals surface area contributed by atoms with Crippen LogP contribution in [0.4, 0.5) is 0 Å². The zero-order valence-corrected chi connectivity index (χ0v) is 21.5. The number of amides is 2. The summed E-state index contributed by atoms with van der Waals surface area (Å²) in [5.74, 6) is -0.0172. The summed E-state index contributed by atoms with van der Waals surface area (Å²) in [6.45, 7) is 2.74. The Labute approximate surface area is 212 Å². The van der Waals surface area contributed by atoms with Crippen molar-refractivity contribution in [3.8, 4) is 0 Å². The lowest BCUT2D eigenvalue weighted by molar-refractivity contribution is -0.139. The van der Waals surface area contributed by atoms with E-state index in [2.05, 4.69) is 21.2 Å². The Hall–Kier alpha value is -2.28. The van der Waals surface area contributed by atoms with Crippen LogP contribution in [0, 0.1) is 0 Å². The summed E-state index contributed by atoms with van der Waals surface area (Å²) in [4.78, 5) is 29.3. The van der Waals surface area contributed by atoms with Crippen LogP contribution in [0.5, 0.6) is 0 Å². The highest BCUT2D eigenvalue weighted by molar-refractivity contribution is 9.10. The number of nitrogens with one attached hydrogen (secondary N) is 1. The molecule has 3 aromatic carbocycles. The van der Waals surface area contributed by atoms with Crippen molar-refractivity contribution in [3.05, 3.63) is 99.5 Å². The van der Waals surface area contributed by atoms with Gasteiger partial charge >= 0.3 is 0 Å². The molecule has 0 aromatic heterocycles. The molecule has 1 atom stereocenters. The van der Waals surface area contributed by atoms with Gasteiger partial charge in [-0.3, -0.25) is 9.59 Å². The number of halogens is 2. The third-order valence-electron chi connectivity index (χ3n) is 5.06. The molecule has 2 amide bonds. The third-order valence-corrected chi connectivity index (χ3v) is 6.84. The van der Waals surface area contributed by atoms with Gasteiger partial charge in [0.05, 0.1) is 5.75 Å². The second-order valence-electron chi connectivity index (χ2n) is 7.49. The monoisotopic (exact) mass is 544 g/mol. The number of hydrogen-bond donors (Lipinski definition) is 1. The minimum absolute atomic E-state index is 0.0925. The van der Waals surface area contributed by atoms with Crippen LogP contribution in [0.15, 0.2) is 88.2 Å². The van der Waals surface area contributed by atoms with Crippen LogP contribution in [-0.4, -0.2) is 35.1 Å². The quantitative estimate of drug-likeness (QED) is 0.319. The van der Waals surface area contributed by atoms with Crippen LogP contribution in [0.3, 0.4) is 0 Å². The van der Waals surface area contributed by atoms with Crippen LogP contribution in [0.2, 0.25) is 5.02 Å². The van der Waals surface area contributed by atoms with E-state index in [-0.39, 0.29) is 17.6 Å². The van der Waals surface area contributed by atoms with Crippen molar-refractivity contribution in [1.29, 1.82) is 0 Å². The average Bonchev–Trinajstić information content (AvgIpc) is 2.82. The summed E-state index contributed by atoms with van der Waals surface area (Å²) in [6, 6.07) is 24.4. The molecule has 1 N–H and O–H groups in total. The molecular weight excluding hydrogens is 520 g/mol. The largest absolute Gasteiger partial charge is 0.355 e. The lowest BCUT2D eigenvalue weighted by atomic mass is 10.0. The fourth-order valence-electron chi connectivity index (χ4n) is 3.39. The number of thioether (sulfide) groups is 1. The molecule has 0 aliphatic carbocycles. The van der Waals surface area contributed by atoms with E-state index in [4.69, 9.17) is 11.6 Å². The fourth-order valence-corrected chi connectivity index (χ4v) is 4.57. The van der Waals surface area contributed by atoms with Crippen LogP contribution in [0.1, 0.15) is 18.1 Å². The molecule has 0 spiro atoms. The number of likely N-dealkylation sites (N-methyl/N-ethyl adjacent to an activating group) is 1. The Morgan fingerprint density at radius 3 is 2.27 bits per heavy atom. The highest BCUT2D eigenvalue weighted by Crippen LogP contribution is 2.23. The van der Waals surface area contributed by atoms with Crippen molar-refractivity contribution < 1.29 is 9.59 Å². The predicted molar refractivity (Wildman–Crippen MR) is 139 cm³/mol. The molecule has 3 rings (SSSR count). The zero-order chi connectivity index (χ0) is 23.6. The van der Waals surface area contributed by atoms with Gasteiger partial charge in [0.15, 0.2) is 0 Å². The molecular formula is C26H26BrClN2O2S. The van der Waals surface area contributed by atoms with E-state index in [9.17, 15) is 9.59 Å². The molecule has 0 saturated carbocycles. The Morgan fingerprint density at radius 1 is 0.970 bits per heavy atom. The highest BCUT2D eigenvalue weighted by atomic mass is 79.9. The van der Waals surface area contributed by atoms with Gasteiger partial charge in [0, 0.05) is 33.9 Å². The molecule has 7 heteroatoms. The van der Waals surface area contributed by atoms with Gasteiger partial charge < -0.3 is 10.2 Å². The average molecular weight is 546 g/mol. The molecule has 0 fully saturated rings. The first kappa shape index (κ1) is 25.3. The topological polar surface area (TPSA) is 49.4 Å². The Balaban J connectivity index is 1.87. The van der Waals surface area contributed by atoms with E-state index in [0.29, 0.717) is 24.5 Å². The van der Waals surface area contributed by atoms with E-state index >= 15 is 0 Å². The van der Waals surface area contributed by atoms with Gasteiger partial charge in [-0.1, -0.05) is 70.0 Å². The van der Waals surface area contributed by atoms with Gasteiger partial charge in [-0.2, -0.15) is 0 Å². The normalized spacial score (nSPS) is 11.6. The van der Waals surface area contributed by atoms with Crippen molar-refractivity contribution in [2.75, 3.05) is 12.3 Å². The molecule has 4 nitrogen and oxygen atoms in total. The van der Waals surface area contributed by atoms with Crippen molar-refractivity contribution in [1.82, 2.24) is 10.2 Å². The van der Waals surface area contributed by atoms with Gasteiger partial charge in [-0.15, -0.1) is 11.8 Å². The summed E-state index contributed by atoms with van der Waals surface area (Å²) in [5.41, 5.74) is 1.97. The molecule has 0 aliphatic rings. The van der Waals surface area contributed by atoms with E-state index in [1.165, 1.54) is 11.8 Å². The van der Waals surface area contributed by atoms with Crippen molar-refractivity contribution in [3.63, 3.8) is 0 Å². The first-order valence-electron chi connectivity index (χ1n) is 10.7. The lowest BCUT2D eigenvalue weighted by Crippen LogP contribution is -2.51. The minimum Gasteiger partial charge on any atom is -0.355 e. The van der Waals surface area contributed by atoms with Gasteiger partial charge in [-0.25, -0.2) is 0 Å². The van der Waals surface area contributed by atoms with E-state index in [1.54, 1.807) is 17.0 Å². The molecule has 3 aromatic rings. The van der Waals surface area contributed by atoms with Gasteiger partial charge in [0.2, 0.25) is 11.8 Å². The fraction of sp³-hybridized carbons (Fsp3) is 0.231. The second kappa shape index (κ2) is 12.8. The molecule has 0 bridgehead atoms. The van der Waals surface area contributed by atoms with E-state index in [0.717, 1.165) is 20.5 Å². The van der Waals surface area contributed by atoms with Crippen molar-refractivity contribution >= 4 is 51.1 Å². The summed E-state index contributed by atoms with van der Waals surface area (Å²) >= 11 is 10.9. The SMILES string of the molecule is CCNC(=O)C(Cc1ccccc1)N(Cc1ccc(Br)cc1)C(=O)CSc1ccc(Cl)cc1. The molecule has 1 unspecified atom stereocenters. The number of rotatable bonds is 10. The van der Waals surface area contributed by atoms with E-state index < -0.39 is 6.04 Å². The highest BCUT2D eigenvalue weighted by Gasteiger charge is 2.30. The smallest absolute Gasteiger partial charge is 0.243 e. The number of hydrogen-bond acceptors (Lipinski definition) is 3. The molecule has 0 aliphatic heterocycles. The molecule has 0 radical (unpaired) electrons. The first-order chi connectivity index (χ1) is 16.0. The van der Waals surface area contributed by atoms with Crippen LogP contribution in [0.25, 0.3) is 0 Å². The summed E-state index contributed by atoms with van der Waals surface area (Å²) in [5, 5.41) is 3.57. The third kappa shape index (κ3) is 7.91. The number of nitrogens with zero attached hydrogens (tertiary/aromatic N) is 1.